The van der Waals surface area contributed by atoms with Crippen molar-refractivity contribution in [3.63, 3.8) is 0 Å². The molecule has 1 aliphatic heterocycles. The van der Waals surface area contributed by atoms with E-state index in [1.54, 1.807) is 6.07 Å². The minimum Gasteiger partial charge on any atom is -0.353 e. The van der Waals surface area contributed by atoms with Crippen molar-refractivity contribution in [1.29, 1.82) is 0 Å². The molecule has 1 aliphatic rings. The maximum absolute atomic E-state index is 12.1. The molecular weight excluding hydrogens is 314 g/mol. The first kappa shape index (κ1) is 17.6. The van der Waals surface area contributed by atoms with Gasteiger partial charge in [0.2, 0.25) is 5.91 Å². The highest BCUT2D eigenvalue weighted by molar-refractivity contribution is 6.31. The molecular formula is C17H24ClN3O2. The quantitative estimate of drug-likeness (QED) is 0.867. The molecule has 0 spiro atoms. The Morgan fingerprint density at radius 3 is 2.61 bits per heavy atom. The second-order valence-corrected chi connectivity index (χ2v) is 6.24. The highest BCUT2D eigenvalue weighted by Crippen LogP contribution is 2.16. The monoisotopic (exact) mass is 337 g/mol. The van der Waals surface area contributed by atoms with E-state index in [1.807, 2.05) is 30.0 Å². The van der Waals surface area contributed by atoms with Crippen LogP contribution in [0.3, 0.4) is 0 Å². The van der Waals surface area contributed by atoms with Gasteiger partial charge in [-0.25, -0.2) is 4.79 Å². The SMILES string of the molecule is CCCNC(=O)N1CCC(NC(=O)Cc2ccccc2Cl)CC1. The van der Waals surface area contributed by atoms with Gasteiger partial charge in [-0.3, -0.25) is 4.79 Å². The number of likely N-dealkylation sites (tertiary alicyclic amines) is 1. The van der Waals surface area contributed by atoms with Crippen molar-refractivity contribution < 1.29 is 9.59 Å². The topological polar surface area (TPSA) is 61.4 Å². The molecule has 0 radical (unpaired) electrons. The molecule has 2 N–H and O–H groups in total. The number of carbonyl (C=O) groups excluding carboxylic acids is 2. The molecule has 5 nitrogen and oxygen atoms in total. The lowest BCUT2D eigenvalue weighted by molar-refractivity contribution is -0.121. The smallest absolute Gasteiger partial charge is 0.317 e. The Labute approximate surface area is 142 Å². The standard InChI is InChI=1S/C17H24ClN3O2/c1-2-9-19-17(23)21-10-7-14(8-11-21)20-16(22)12-13-5-3-4-6-15(13)18/h3-6,14H,2,7-12H2,1H3,(H,19,23)(H,20,22). The summed E-state index contributed by atoms with van der Waals surface area (Å²) in [5.41, 5.74) is 0.836. The van der Waals surface area contributed by atoms with Crippen molar-refractivity contribution >= 4 is 23.5 Å². The molecule has 0 aliphatic carbocycles. The summed E-state index contributed by atoms with van der Waals surface area (Å²) in [5, 5.41) is 6.54. The Morgan fingerprint density at radius 2 is 1.96 bits per heavy atom. The van der Waals surface area contributed by atoms with Gasteiger partial charge in [0.05, 0.1) is 6.42 Å². The predicted molar refractivity (Wildman–Crippen MR) is 91.6 cm³/mol. The summed E-state index contributed by atoms with van der Waals surface area (Å²) < 4.78 is 0. The maximum atomic E-state index is 12.1. The van der Waals surface area contributed by atoms with E-state index >= 15 is 0 Å². The molecule has 0 aromatic heterocycles. The molecule has 0 bridgehead atoms. The van der Waals surface area contributed by atoms with Gasteiger partial charge in [0.25, 0.3) is 0 Å². The summed E-state index contributed by atoms with van der Waals surface area (Å²) in [4.78, 5) is 25.8. The highest BCUT2D eigenvalue weighted by Gasteiger charge is 2.23. The Balaban J connectivity index is 1.74. The Bertz CT molecular complexity index is 542. The number of carbonyl (C=O) groups is 2. The van der Waals surface area contributed by atoms with Gasteiger partial charge in [0, 0.05) is 30.7 Å². The second kappa shape index (κ2) is 8.77. The van der Waals surface area contributed by atoms with Gasteiger partial charge in [-0.05, 0) is 30.9 Å². The second-order valence-electron chi connectivity index (χ2n) is 5.83. The van der Waals surface area contributed by atoms with E-state index in [1.165, 1.54) is 0 Å². The van der Waals surface area contributed by atoms with Crippen molar-refractivity contribution in [2.45, 2.75) is 38.6 Å². The van der Waals surface area contributed by atoms with E-state index in [-0.39, 0.29) is 24.4 Å². The summed E-state index contributed by atoms with van der Waals surface area (Å²) in [6, 6.07) is 7.50. The van der Waals surface area contributed by atoms with E-state index in [4.69, 9.17) is 11.6 Å². The average Bonchev–Trinajstić information content (AvgIpc) is 2.55. The van der Waals surface area contributed by atoms with E-state index in [0.29, 0.717) is 24.7 Å². The molecule has 23 heavy (non-hydrogen) atoms. The third-order valence-corrected chi connectivity index (χ3v) is 4.35. The first-order chi connectivity index (χ1) is 11.1. The number of rotatable bonds is 5. The summed E-state index contributed by atoms with van der Waals surface area (Å²) >= 11 is 6.08. The van der Waals surface area contributed by atoms with E-state index < -0.39 is 0 Å². The van der Waals surface area contributed by atoms with E-state index in [0.717, 1.165) is 24.8 Å². The summed E-state index contributed by atoms with van der Waals surface area (Å²) in [6.45, 7) is 4.08. The van der Waals surface area contributed by atoms with E-state index in [2.05, 4.69) is 10.6 Å². The van der Waals surface area contributed by atoms with Crippen LogP contribution in [-0.2, 0) is 11.2 Å². The van der Waals surface area contributed by atoms with Crippen molar-refractivity contribution in [1.82, 2.24) is 15.5 Å². The van der Waals surface area contributed by atoms with Crippen LogP contribution < -0.4 is 10.6 Å². The number of urea groups is 1. The van der Waals surface area contributed by atoms with Gasteiger partial charge >= 0.3 is 6.03 Å². The molecule has 1 heterocycles. The zero-order chi connectivity index (χ0) is 16.7. The lowest BCUT2D eigenvalue weighted by Gasteiger charge is -2.32. The molecule has 1 aromatic carbocycles. The molecule has 1 saturated heterocycles. The molecule has 3 amide bonds. The molecule has 0 atom stereocenters. The molecule has 126 valence electrons. The minimum atomic E-state index is -0.0213. The van der Waals surface area contributed by atoms with Crippen LogP contribution in [0.4, 0.5) is 4.79 Å². The average molecular weight is 338 g/mol. The van der Waals surface area contributed by atoms with Crippen LogP contribution in [0.15, 0.2) is 24.3 Å². The number of nitrogens with one attached hydrogen (secondary N) is 2. The zero-order valence-corrected chi connectivity index (χ0v) is 14.2. The summed E-state index contributed by atoms with van der Waals surface area (Å²) in [6.07, 6.45) is 2.79. The first-order valence-corrected chi connectivity index (χ1v) is 8.53. The number of benzene rings is 1. The zero-order valence-electron chi connectivity index (χ0n) is 13.5. The van der Waals surface area contributed by atoms with Crippen LogP contribution in [0.2, 0.25) is 5.02 Å². The first-order valence-electron chi connectivity index (χ1n) is 8.15. The van der Waals surface area contributed by atoms with Gasteiger partial charge in [-0.1, -0.05) is 36.7 Å². The van der Waals surface area contributed by atoms with Crippen molar-refractivity contribution in [2.24, 2.45) is 0 Å². The van der Waals surface area contributed by atoms with Gasteiger partial charge in [0.15, 0.2) is 0 Å². The summed E-state index contributed by atoms with van der Waals surface area (Å²) in [5.74, 6) is -0.0213. The van der Waals surface area contributed by atoms with Crippen LogP contribution in [-0.4, -0.2) is 42.5 Å². The molecule has 1 fully saturated rings. The van der Waals surface area contributed by atoms with Crippen LogP contribution in [0.1, 0.15) is 31.7 Å². The third kappa shape index (κ3) is 5.43. The third-order valence-electron chi connectivity index (χ3n) is 3.98. The van der Waals surface area contributed by atoms with E-state index in [9.17, 15) is 9.59 Å². The van der Waals surface area contributed by atoms with Crippen LogP contribution in [0, 0.1) is 0 Å². The normalized spacial score (nSPS) is 15.3. The van der Waals surface area contributed by atoms with Crippen LogP contribution >= 0.6 is 11.6 Å². The molecule has 2 rings (SSSR count). The molecule has 1 aromatic rings. The fourth-order valence-corrected chi connectivity index (χ4v) is 2.87. The molecule has 0 saturated carbocycles. The fourth-order valence-electron chi connectivity index (χ4n) is 2.66. The molecule has 0 unspecified atom stereocenters. The predicted octanol–water partition coefficient (Wildman–Crippen LogP) is 2.58. The van der Waals surface area contributed by atoms with Crippen molar-refractivity contribution in [2.75, 3.05) is 19.6 Å². The maximum Gasteiger partial charge on any atom is 0.317 e. The lowest BCUT2D eigenvalue weighted by Crippen LogP contribution is -2.49. The molecule has 6 heteroatoms. The Kier molecular flexibility index (Phi) is 6.71. The Morgan fingerprint density at radius 1 is 1.26 bits per heavy atom. The number of hydrogen-bond acceptors (Lipinski definition) is 2. The van der Waals surface area contributed by atoms with Gasteiger partial charge < -0.3 is 15.5 Å². The van der Waals surface area contributed by atoms with Gasteiger partial charge in [-0.15, -0.1) is 0 Å². The fraction of sp³-hybridized carbons (Fsp3) is 0.529. The lowest BCUT2D eigenvalue weighted by atomic mass is 10.0. The van der Waals surface area contributed by atoms with Crippen LogP contribution in [0.25, 0.3) is 0 Å². The number of nitrogens with zero attached hydrogens (tertiary/aromatic N) is 1. The van der Waals surface area contributed by atoms with Gasteiger partial charge in [-0.2, -0.15) is 0 Å². The van der Waals surface area contributed by atoms with Crippen molar-refractivity contribution in [3.05, 3.63) is 34.9 Å². The number of halogens is 1. The van der Waals surface area contributed by atoms with Crippen LogP contribution in [0.5, 0.6) is 0 Å². The number of piperidine rings is 1. The minimum absolute atomic E-state index is 0.00676. The summed E-state index contributed by atoms with van der Waals surface area (Å²) in [7, 11) is 0. The van der Waals surface area contributed by atoms with Gasteiger partial charge in [0.1, 0.15) is 0 Å². The largest absolute Gasteiger partial charge is 0.353 e. The number of hydrogen-bond donors (Lipinski definition) is 2. The number of amides is 3. The Hall–Kier alpha value is -1.75. The van der Waals surface area contributed by atoms with Crippen molar-refractivity contribution in [3.8, 4) is 0 Å². The highest BCUT2D eigenvalue weighted by atomic mass is 35.5.